The van der Waals surface area contributed by atoms with E-state index in [2.05, 4.69) is 31.3 Å². The van der Waals surface area contributed by atoms with Gasteiger partial charge in [0.15, 0.2) is 15.5 Å². The van der Waals surface area contributed by atoms with Gasteiger partial charge in [-0.1, -0.05) is 24.3 Å². The van der Waals surface area contributed by atoms with E-state index in [9.17, 15) is 17.7 Å². The van der Waals surface area contributed by atoms with E-state index in [4.69, 9.17) is 0 Å². The van der Waals surface area contributed by atoms with Crippen molar-refractivity contribution < 1.29 is 17.7 Å². The van der Waals surface area contributed by atoms with Crippen LogP contribution in [-0.4, -0.2) is 51.3 Å². The molecule has 178 valence electrons. The number of sulfone groups is 1. The number of phenols is 1. The first-order valence-electron chi connectivity index (χ1n) is 10.3. The second kappa shape index (κ2) is 10.5. The molecule has 4 rings (SSSR count). The number of aromatic hydroxyl groups is 1. The van der Waals surface area contributed by atoms with Gasteiger partial charge in [0.1, 0.15) is 11.6 Å². The fourth-order valence-electron chi connectivity index (χ4n) is 3.35. The number of hydrogen-bond acceptors (Lipinski definition) is 7. The van der Waals surface area contributed by atoms with E-state index in [0.29, 0.717) is 40.3 Å². The number of anilines is 1. The minimum absolute atomic E-state index is 0.0777. The molecule has 0 aliphatic rings. The molecule has 2 unspecified atom stereocenters. The molecule has 8 nitrogen and oxygen atoms in total. The predicted molar refractivity (Wildman–Crippen MR) is 140 cm³/mol. The largest absolute Gasteiger partial charge is 0.507 e. The third-order valence-electron chi connectivity index (χ3n) is 4.95. The number of nitrogens with zero attached hydrogens (tertiary/aromatic N) is 3. The normalized spacial score (nSPS) is 13.0. The lowest BCUT2D eigenvalue weighted by Crippen LogP contribution is -2.09. The molecule has 0 amide bonds. The van der Waals surface area contributed by atoms with Crippen LogP contribution in [0, 0.1) is 0 Å². The van der Waals surface area contributed by atoms with Crippen molar-refractivity contribution in [3.8, 4) is 17.0 Å². The first kappa shape index (κ1) is 24.8. The van der Waals surface area contributed by atoms with Crippen LogP contribution in [-0.2, 0) is 20.3 Å². The number of nitrogens with one attached hydrogen (secondary N) is 1. The number of halogens is 1. The van der Waals surface area contributed by atoms with Crippen LogP contribution in [0.4, 0.5) is 5.82 Å². The van der Waals surface area contributed by atoms with Gasteiger partial charge >= 0.3 is 0 Å². The molecule has 0 fully saturated rings. The first-order chi connectivity index (χ1) is 16.3. The smallest absolute Gasteiger partial charge is 0.176 e. The van der Waals surface area contributed by atoms with Crippen molar-refractivity contribution in [3.63, 3.8) is 0 Å². The zero-order valence-electron chi connectivity index (χ0n) is 18.1. The zero-order valence-corrected chi connectivity index (χ0v) is 22.3. The molecule has 4 aromatic rings. The van der Waals surface area contributed by atoms with Gasteiger partial charge in [0.2, 0.25) is 0 Å². The molecule has 2 aromatic carbocycles. The Labute approximate surface area is 209 Å². The summed E-state index contributed by atoms with van der Waals surface area (Å²) in [6.07, 6.45) is 4.18. The van der Waals surface area contributed by atoms with Crippen molar-refractivity contribution in [1.82, 2.24) is 14.6 Å². The van der Waals surface area contributed by atoms with Crippen LogP contribution in [0.2, 0.25) is 0 Å². The van der Waals surface area contributed by atoms with Gasteiger partial charge in [0.25, 0.3) is 0 Å². The van der Waals surface area contributed by atoms with Crippen LogP contribution < -0.4 is 5.32 Å². The van der Waals surface area contributed by atoms with E-state index in [1.807, 2.05) is 12.1 Å². The minimum Gasteiger partial charge on any atom is -0.507 e. The van der Waals surface area contributed by atoms with Crippen molar-refractivity contribution >= 4 is 55.4 Å². The fraction of sp³-hybridized carbons (Fsp3) is 0.182. The molecule has 0 bridgehead atoms. The molecule has 0 radical (unpaired) electrons. The molecular weight excluding hydrogens is 559 g/mol. The number of para-hydroxylation sites is 1. The number of fused-ring (bicyclic) bond motifs is 1. The SMILES string of the molecule is CS(=O)(=O)c1ccccc1S(=O)PCCCNc1cc(-c2ccccc2O)nc2c(Br)cnn12. The molecule has 0 saturated heterocycles. The molecule has 34 heavy (non-hydrogen) atoms. The lowest BCUT2D eigenvalue weighted by atomic mass is 10.1. The summed E-state index contributed by atoms with van der Waals surface area (Å²) in [5, 5.41) is 17.9. The van der Waals surface area contributed by atoms with Crippen molar-refractivity contribution in [2.75, 3.05) is 24.3 Å². The van der Waals surface area contributed by atoms with Crippen molar-refractivity contribution in [2.24, 2.45) is 0 Å². The van der Waals surface area contributed by atoms with Crippen LogP contribution in [0.1, 0.15) is 6.42 Å². The second-order valence-electron chi connectivity index (χ2n) is 7.43. The summed E-state index contributed by atoms with van der Waals surface area (Å²) in [5.41, 5.74) is 1.83. The highest BCUT2D eigenvalue weighted by Crippen LogP contribution is 2.32. The zero-order chi connectivity index (χ0) is 24.3. The summed E-state index contributed by atoms with van der Waals surface area (Å²) in [7, 11) is -4.74. The van der Waals surface area contributed by atoms with Crippen LogP contribution in [0.15, 0.2) is 75.1 Å². The summed E-state index contributed by atoms with van der Waals surface area (Å²) >= 11 is 3.47. The molecule has 0 aliphatic heterocycles. The van der Waals surface area contributed by atoms with E-state index in [0.717, 1.165) is 17.1 Å². The Morgan fingerprint density at radius 3 is 2.68 bits per heavy atom. The van der Waals surface area contributed by atoms with Gasteiger partial charge < -0.3 is 10.4 Å². The molecule has 0 spiro atoms. The summed E-state index contributed by atoms with van der Waals surface area (Å²) in [4.78, 5) is 5.11. The van der Waals surface area contributed by atoms with Gasteiger partial charge in [0.05, 0.1) is 36.6 Å². The summed E-state index contributed by atoms with van der Waals surface area (Å²) < 4.78 is 39.1. The Kier molecular flexibility index (Phi) is 7.67. The van der Waals surface area contributed by atoms with Gasteiger partial charge in [-0.05, 0) is 60.6 Å². The number of hydrogen-bond donors (Lipinski definition) is 2. The number of phenolic OH excluding ortho intramolecular Hbond substituents is 1. The van der Waals surface area contributed by atoms with Crippen LogP contribution >= 0.6 is 23.7 Å². The average molecular weight is 581 g/mol. The quantitative estimate of drug-likeness (QED) is 0.222. The molecule has 2 atom stereocenters. The fourth-order valence-corrected chi connectivity index (χ4v) is 8.46. The van der Waals surface area contributed by atoms with Crippen LogP contribution in [0.25, 0.3) is 16.9 Å². The molecule has 2 aromatic heterocycles. The third kappa shape index (κ3) is 5.49. The molecule has 2 N–H and O–H groups in total. The first-order valence-corrected chi connectivity index (χ1v) is 16.0. The summed E-state index contributed by atoms with van der Waals surface area (Å²) in [6.45, 7) is 0.592. The average Bonchev–Trinajstić information content (AvgIpc) is 3.19. The van der Waals surface area contributed by atoms with E-state index in [1.165, 1.54) is 6.07 Å². The maximum Gasteiger partial charge on any atom is 0.176 e. The van der Waals surface area contributed by atoms with Crippen molar-refractivity contribution in [3.05, 3.63) is 65.3 Å². The van der Waals surface area contributed by atoms with Crippen molar-refractivity contribution in [2.45, 2.75) is 16.2 Å². The third-order valence-corrected chi connectivity index (χ3v) is 10.4. The Hall–Kier alpha value is -2.33. The van der Waals surface area contributed by atoms with Crippen molar-refractivity contribution in [1.29, 1.82) is 0 Å². The van der Waals surface area contributed by atoms with Gasteiger partial charge in [-0.3, -0.25) is 4.21 Å². The minimum atomic E-state index is -3.44. The van der Waals surface area contributed by atoms with Gasteiger partial charge in [-0.2, -0.15) is 9.61 Å². The molecule has 0 aliphatic carbocycles. The van der Waals surface area contributed by atoms with Crippen LogP contribution in [0.3, 0.4) is 0 Å². The molecule has 12 heteroatoms. The van der Waals surface area contributed by atoms with Gasteiger partial charge in [0, 0.05) is 24.4 Å². The second-order valence-corrected chi connectivity index (χ2v) is 14.0. The highest BCUT2D eigenvalue weighted by molar-refractivity contribution is 9.10. The maximum absolute atomic E-state index is 12.7. The van der Waals surface area contributed by atoms with Gasteiger partial charge in [-0.25, -0.2) is 13.4 Å². The van der Waals surface area contributed by atoms with E-state index >= 15 is 0 Å². The standard InChI is InChI=1S/C22H22BrN4O4PS2/c1-34(30,31)20-10-5-4-9-19(20)33(29)32-12-6-11-24-21-13-17(15-7-2-3-8-18(15)28)26-22-16(23)14-25-27(21)22/h2-5,7-10,13-14,24,28,32H,6,11-12H2,1H3. The Bertz CT molecular complexity index is 1480. The topological polar surface area (TPSA) is 114 Å². The highest BCUT2D eigenvalue weighted by atomic mass is 79.9. The highest BCUT2D eigenvalue weighted by Gasteiger charge is 2.17. The lowest BCUT2D eigenvalue weighted by Gasteiger charge is -2.12. The Balaban J connectivity index is 1.44. The monoisotopic (exact) mass is 580 g/mol. The predicted octanol–water partition coefficient (Wildman–Crippen LogP) is 4.47. The van der Waals surface area contributed by atoms with E-state index in [1.54, 1.807) is 47.1 Å². The lowest BCUT2D eigenvalue weighted by molar-refractivity contribution is 0.477. The molecular formula is C22H22BrN4O4PS2. The molecule has 0 saturated carbocycles. The number of benzene rings is 2. The number of rotatable bonds is 9. The Morgan fingerprint density at radius 1 is 1.18 bits per heavy atom. The van der Waals surface area contributed by atoms with E-state index < -0.39 is 20.3 Å². The maximum atomic E-state index is 12.7. The number of aromatic nitrogens is 3. The Morgan fingerprint density at radius 2 is 1.91 bits per heavy atom. The van der Waals surface area contributed by atoms with Gasteiger partial charge in [-0.15, -0.1) is 0 Å². The van der Waals surface area contributed by atoms with Crippen LogP contribution in [0.5, 0.6) is 5.75 Å². The van der Waals surface area contributed by atoms with E-state index in [-0.39, 0.29) is 18.4 Å². The summed E-state index contributed by atoms with van der Waals surface area (Å²) in [5.74, 6) is 0.847. The molecule has 2 heterocycles. The summed E-state index contributed by atoms with van der Waals surface area (Å²) in [6, 6.07) is 15.3.